The lowest BCUT2D eigenvalue weighted by Gasteiger charge is -2.28. The van der Waals surface area contributed by atoms with Gasteiger partial charge in [-0.25, -0.2) is 0 Å². The molecule has 6 heteroatoms. The lowest BCUT2D eigenvalue weighted by atomic mass is 9.96. The van der Waals surface area contributed by atoms with Gasteiger partial charge in [-0.05, 0) is 73.1 Å². The largest absolute Gasteiger partial charge is 0.352 e. The van der Waals surface area contributed by atoms with E-state index in [4.69, 9.17) is 12.2 Å². The Bertz CT molecular complexity index is 1240. The van der Waals surface area contributed by atoms with Crippen molar-refractivity contribution in [1.29, 1.82) is 0 Å². The molecule has 0 saturated carbocycles. The van der Waals surface area contributed by atoms with Gasteiger partial charge in [0.05, 0.1) is 17.8 Å². The van der Waals surface area contributed by atoms with Crippen molar-refractivity contribution in [3.05, 3.63) is 119 Å². The summed E-state index contributed by atoms with van der Waals surface area (Å²) >= 11 is 5.85. The Hall–Kier alpha value is -3.51. The van der Waals surface area contributed by atoms with Gasteiger partial charge in [-0.15, -0.1) is 0 Å². The zero-order chi connectivity index (χ0) is 22.8. The molecular formula is C27H27N5S. The molecule has 0 amide bonds. The molecule has 0 aliphatic carbocycles. The van der Waals surface area contributed by atoms with Crippen LogP contribution in [0.3, 0.4) is 0 Å². The van der Waals surface area contributed by atoms with E-state index >= 15 is 0 Å². The molecule has 1 saturated heterocycles. The van der Waals surface area contributed by atoms with Crippen LogP contribution in [0.4, 0.5) is 0 Å². The molecule has 4 heterocycles. The van der Waals surface area contributed by atoms with Crippen molar-refractivity contribution in [2.45, 2.75) is 39.0 Å². The molecule has 5 nitrogen and oxygen atoms in total. The molecule has 0 spiro atoms. The maximum Gasteiger partial charge on any atom is 0.170 e. The van der Waals surface area contributed by atoms with Gasteiger partial charge in [0.2, 0.25) is 0 Å². The van der Waals surface area contributed by atoms with Crippen LogP contribution >= 0.6 is 12.2 Å². The highest BCUT2D eigenvalue weighted by Gasteiger charge is 2.41. The summed E-state index contributed by atoms with van der Waals surface area (Å²) in [6.07, 6.45) is 5.51. The first-order chi connectivity index (χ1) is 16.1. The molecule has 3 aromatic heterocycles. The van der Waals surface area contributed by atoms with Crippen LogP contribution < -0.4 is 5.32 Å². The molecule has 0 radical (unpaired) electrons. The van der Waals surface area contributed by atoms with Crippen LogP contribution in [-0.4, -0.2) is 24.5 Å². The van der Waals surface area contributed by atoms with Crippen molar-refractivity contribution < 1.29 is 0 Å². The zero-order valence-corrected chi connectivity index (χ0v) is 19.7. The molecule has 1 N–H and O–H groups in total. The first-order valence-corrected chi connectivity index (χ1v) is 11.6. The quantitative estimate of drug-likeness (QED) is 0.411. The molecule has 0 bridgehead atoms. The summed E-state index contributed by atoms with van der Waals surface area (Å²) in [5, 5.41) is 4.32. The van der Waals surface area contributed by atoms with E-state index in [1.54, 1.807) is 0 Å². The van der Waals surface area contributed by atoms with Crippen molar-refractivity contribution in [3.63, 3.8) is 0 Å². The summed E-state index contributed by atoms with van der Waals surface area (Å²) in [4.78, 5) is 11.1. The number of rotatable bonds is 6. The SMILES string of the molecule is Cc1cc([C@@H]2[C@@H](c3ccccn3)NC(=S)N2Cc2ccncc2)c(C)n1Cc1ccccc1. The van der Waals surface area contributed by atoms with Crippen LogP contribution in [0.1, 0.15) is 45.9 Å². The fourth-order valence-electron chi connectivity index (χ4n) is 4.74. The van der Waals surface area contributed by atoms with Crippen LogP contribution in [0.25, 0.3) is 0 Å². The van der Waals surface area contributed by atoms with Crippen LogP contribution in [0.2, 0.25) is 0 Å². The number of hydrogen-bond donors (Lipinski definition) is 1. The third-order valence-corrected chi connectivity index (χ3v) is 6.77. The van der Waals surface area contributed by atoms with Gasteiger partial charge in [0.15, 0.2) is 5.11 Å². The third kappa shape index (κ3) is 4.26. The molecule has 1 aliphatic heterocycles. The summed E-state index contributed by atoms with van der Waals surface area (Å²) in [6.45, 7) is 5.96. The molecular weight excluding hydrogens is 426 g/mol. The summed E-state index contributed by atoms with van der Waals surface area (Å²) in [6, 6.07) is 23.1. The lowest BCUT2D eigenvalue weighted by molar-refractivity contribution is 0.309. The number of benzene rings is 1. The van der Waals surface area contributed by atoms with Crippen LogP contribution in [0.5, 0.6) is 0 Å². The number of aromatic nitrogens is 3. The van der Waals surface area contributed by atoms with E-state index in [1.807, 2.05) is 42.9 Å². The van der Waals surface area contributed by atoms with Crippen molar-refractivity contribution in [2.75, 3.05) is 0 Å². The van der Waals surface area contributed by atoms with Gasteiger partial charge in [-0.3, -0.25) is 9.97 Å². The molecule has 33 heavy (non-hydrogen) atoms. The van der Waals surface area contributed by atoms with E-state index < -0.39 is 0 Å². The summed E-state index contributed by atoms with van der Waals surface area (Å²) in [5.74, 6) is 0. The molecule has 4 aromatic rings. The highest BCUT2D eigenvalue weighted by Crippen LogP contribution is 2.41. The first kappa shape index (κ1) is 21.3. The molecule has 5 rings (SSSR count). The minimum absolute atomic E-state index is 0.0220. The van der Waals surface area contributed by atoms with E-state index in [9.17, 15) is 0 Å². The van der Waals surface area contributed by atoms with Crippen LogP contribution in [0, 0.1) is 13.8 Å². The Balaban J connectivity index is 1.56. The second-order valence-electron chi connectivity index (χ2n) is 8.51. The van der Waals surface area contributed by atoms with Gasteiger partial charge < -0.3 is 14.8 Å². The van der Waals surface area contributed by atoms with E-state index in [-0.39, 0.29) is 12.1 Å². The fraction of sp³-hybridized carbons (Fsp3) is 0.222. The number of thiocarbonyl (C=S) groups is 1. The van der Waals surface area contributed by atoms with Gasteiger partial charge in [0, 0.05) is 43.1 Å². The minimum Gasteiger partial charge on any atom is -0.352 e. The van der Waals surface area contributed by atoms with Crippen molar-refractivity contribution in [3.8, 4) is 0 Å². The Labute approximate surface area is 200 Å². The smallest absolute Gasteiger partial charge is 0.170 e. The van der Waals surface area contributed by atoms with Gasteiger partial charge in [0.1, 0.15) is 0 Å². The van der Waals surface area contributed by atoms with Crippen LogP contribution in [0.15, 0.2) is 85.3 Å². The van der Waals surface area contributed by atoms with Crippen molar-refractivity contribution >= 4 is 17.3 Å². The highest BCUT2D eigenvalue weighted by atomic mass is 32.1. The van der Waals surface area contributed by atoms with E-state index in [0.29, 0.717) is 6.54 Å². The predicted octanol–water partition coefficient (Wildman–Crippen LogP) is 5.12. The third-order valence-electron chi connectivity index (χ3n) is 6.41. The lowest BCUT2D eigenvalue weighted by Crippen LogP contribution is -2.29. The number of nitrogens with one attached hydrogen (secondary N) is 1. The zero-order valence-electron chi connectivity index (χ0n) is 18.8. The average Bonchev–Trinajstić information content (AvgIpc) is 3.31. The van der Waals surface area contributed by atoms with E-state index in [0.717, 1.165) is 17.4 Å². The molecule has 1 aromatic carbocycles. The topological polar surface area (TPSA) is 46.0 Å². The number of aryl methyl sites for hydroxylation is 1. The number of nitrogens with zero attached hydrogens (tertiary/aromatic N) is 4. The van der Waals surface area contributed by atoms with Gasteiger partial charge in [-0.2, -0.15) is 0 Å². The Kier molecular flexibility index (Phi) is 5.92. The molecule has 166 valence electrons. The second kappa shape index (κ2) is 9.16. The Morgan fingerprint density at radius 1 is 0.879 bits per heavy atom. The average molecular weight is 454 g/mol. The minimum atomic E-state index is -0.0220. The maximum absolute atomic E-state index is 5.85. The maximum atomic E-state index is 5.85. The summed E-state index contributed by atoms with van der Waals surface area (Å²) in [7, 11) is 0. The highest BCUT2D eigenvalue weighted by molar-refractivity contribution is 7.80. The fourth-order valence-corrected chi connectivity index (χ4v) is 5.04. The van der Waals surface area contributed by atoms with Gasteiger partial charge in [-0.1, -0.05) is 36.4 Å². The molecule has 0 unspecified atom stereocenters. The predicted molar refractivity (Wildman–Crippen MR) is 135 cm³/mol. The molecule has 2 atom stereocenters. The van der Waals surface area contributed by atoms with E-state index in [2.05, 4.69) is 81.1 Å². The monoisotopic (exact) mass is 453 g/mol. The van der Waals surface area contributed by atoms with Crippen molar-refractivity contribution in [2.24, 2.45) is 0 Å². The second-order valence-corrected chi connectivity index (χ2v) is 8.89. The first-order valence-electron chi connectivity index (χ1n) is 11.2. The Morgan fingerprint density at radius 3 is 2.33 bits per heavy atom. The molecule has 1 fully saturated rings. The summed E-state index contributed by atoms with van der Waals surface area (Å²) in [5.41, 5.74) is 7.25. The summed E-state index contributed by atoms with van der Waals surface area (Å²) < 4.78 is 2.39. The number of hydrogen-bond acceptors (Lipinski definition) is 3. The van der Waals surface area contributed by atoms with E-state index in [1.165, 1.54) is 28.1 Å². The standard InChI is InChI=1S/C27H27N5S/c1-19-16-23(20(2)31(19)17-21-8-4-3-5-9-21)26-25(24-10-6-7-13-29-24)30-27(33)32(26)18-22-11-14-28-15-12-22/h3-16,25-26H,17-18H2,1-2H3,(H,30,33)/t25-,26-/m1/s1. The normalized spacial score (nSPS) is 17.9. The van der Waals surface area contributed by atoms with Crippen LogP contribution in [-0.2, 0) is 13.1 Å². The molecule has 1 aliphatic rings. The van der Waals surface area contributed by atoms with Gasteiger partial charge in [0.25, 0.3) is 0 Å². The Morgan fingerprint density at radius 2 is 1.61 bits per heavy atom. The van der Waals surface area contributed by atoms with Crippen molar-refractivity contribution in [1.82, 2.24) is 24.8 Å². The van der Waals surface area contributed by atoms with Gasteiger partial charge >= 0.3 is 0 Å². The number of pyridine rings is 2.